The molecule has 2 aliphatic rings. The van der Waals surface area contributed by atoms with E-state index in [-0.39, 0.29) is 24.4 Å². The third-order valence-electron chi connectivity index (χ3n) is 6.00. The van der Waals surface area contributed by atoms with Gasteiger partial charge in [-0.05, 0) is 38.2 Å². The van der Waals surface area contributed by atoms with Crippen molar-refractivity contribution in [3.05, 3.63) is 17.5 Å². The minimum Gasteiger partial charge on any atom is -0.480 e. The quantitative estimate of drug-likeness (QED) is 0.803. The van der Waals surface area contributed by atoms with Crippen LogP contribution in [-0.2, 0) is 9.59 Å². The Bertz CT molecular complexity index is 711. The molecule has 28 heavy (non-hydrogen) atoms. The first kappa shape index (κ1) is 20.4. The van der Waals surface area contributed by atoms with Gasteiger partial charge in [0, 0.05) is 37.7 Å². The molecule has 154 valence electrons. The van der Waals surface area contributed by atoms with Crippen LogP contribution >= 0.6 is 0 Å². The minimum atomic E-state index is -1.01. The summed E-state index contributed by atoms with van der Waals surface area (Å²) in [6, 6.07) is 1.75. The van der Waals surface area contributed by atoms with Crippen molar-refractivity contribution in [1.82, 2.24) is 20.0 Å². The van der Waals surface area contributed by atoms with E-state index < -0.39 is 5.97 Å². The third-order valence-corrected chi connectivity index (χ3v) is 6.00. The maximum atomic E-state index is 12.9. The molecule has 8 heteroatoms. The Morgan fingerprint density at radius 3 is 2.57 bits per heavy atom. The highest BCUT2D eigenvalue weighted by molar-refractivity contribution is 5.92. The molecule has 1 aliphatic heterocycles. The number of amides is 2. The molecule has 3 rings (SSSR count). The number of likely N-dealkylation sites (tertiary alicyclic amines) is 1. The normalized spacial score (nSPS) is 21.2. The molecule has 1 aliphatic carbocycles. The Hall–Kier alpha value is -2.38. The molecule has 0 bridgehead atoms. The number of carboxylic acids is 1. The topological polar surface area (TPSA) is 107 Å². The van der Waals surface area contributed by atoms with E-state index in [0.29, 0.717) is 37.5 Å². The molecular formula is C20H30N4O4. The number of hydrogen-bond donors (Lipinski definition) is 2. The van der Waals surface area contributed by atoms with Crippen LogP contribution in [0.15, 0.2) is 6.07 Å². The molecule has 2 fully saturated rings. The SMILES string of the molecule is CC(=O)N(CC(=O)O)C1CCCN(C(=O)c2cc(C3CCCCC3)[nH]n2)CC1. The van der Waals surface area contributed by atoms with Crippen LogP contribution in [0.3, 0.4) is 0 Å². The lowest BCUT2D eigenvalue weighted by Gasteiger charge is -2.28. The van der Waals surface area contributed by atoms with Crippen LogP contribution in [0, 0.1) is 0 Å². The van der Waals surface area contributed by atoms with Gasteiger partial charge in [0.25, 0.3) is 5.91 Å². The van der Waals surface area contributed by atoms with Gasteiger partial charge in [-0.2, -0.15) is 5.10 Å². The number of carbonyl (C=O) groups excluding carboxylic acids is 2. The fraction of sp³-hybridized carbons (Fsp3) is 0.700. The molecule has 1 aromatic heterocycles. The summed E-state index contributed by atoms with van der Waals surface area (Å²) in [5.41, 5.74) is 1.51. The highest BCUT2D eigenvalue weighted by atomic mass is 16.4. The van der Waals surface area contributed by atoms with Crippen LogP contribution in [0.25, 0.3) is 0 Å². The third kappa shape index (κ3) is 4.91. The Morgan fingerprint density at radius 1 is 1.14 bits per heavy atom. The van der Waals surface area contributed by atoms with Crippen LogP contribution < -0.4 is 0 Å². The van der Waals surface area contributed by atoms with Gasteiger partial charge in [-0.3, -0.25) is 19.5 Å². The molecule has 8 nitrogen and oxygen atoms in total. The van der Waals surface area contributed by atoms with Gasteiger partial charge in [0.15, 0.2) is 0 Å². The van der Waals surface area contributed by atoms with E-state index in [1.165, 1.54) is 31.1 Å². The summed E-state index contributed by atoms with van der Waals surface area (Å²) in [6.07, 6.45) is 8.04. The lowest BCUT2D eigenvalue weighted by molar-refractivity contribution is -0.145. The van der Waals surface area contributed by atoms with Crippen molar-refractivity contribution in [3.8, 4) is 0 Å². The highest BCUT2D eigenvalue weighted by Gasteiger charge is 2.29. The number of carbonyl (C=O) groups is 3. The van der Waals surface area contributed by atoms with Crippen LogP contribution in [0.4, 0.5) is 0 Å². The maximum absolute atomic E-state index is 12.9. The van der Waals surface area contributed by atoms with Crippen molar-refractivity contribution in [3.63, 3.8) is 0 Å². The van der Waals surface area contributed by atoms with Crippen molar-refractivity contribution in [2.45, 2.75) is 70.3 Å². The van der Waals surface area contributed by atoms with Gasteiger partial charge in [-0.15, -0.1) is 0 Å². The first-order valence-corrected chi connectivity index (χ1v) is 10.3. The van der Waals surface area contributed by atoms with E-state index in [1.807, 2.05) is 6.07 Å². The predicted molar refractivity (Wildman–Crippen MR) is 103 cm³/mol. The zero-order valence-corrected chi connectivity index (χ0v) is 16.5. The van der Waals surface area contributed by atoms with Crippen molar-refractivity contribution in [2.24, 2.45) is 0 Å². The number of carboxylic acid groups (broad SMARTS) is 1. The molecule has 2 heterocycles. The largest absolute Gasteiger partial charge is 0.480 e. The average Bonchev–Trinajstić information content (AvgIpc) is 3.05. The molecule has 1 atom stereocenters. The maximum Gasteiger partial charge on any atom is 0.323 e. The number of rotatable bonds is 5. The van der Waals surface area contributed by atoms with Crippen molar-refractivity contribution < 1.29 is 19.5 Å². The van der Waals surface area contributed by atoms with E-state index in [2.05, 4.69) is 10.2 Å². The van der Waals surface area contributed by atoms with E-state index in [4.69, 9.17) is 5.11 Å². The zero-order chi connectivity index (χ0) is 20.1. The van der Waals surface area contributed by atoms with Crippen LogP contribution in [-0.4, -0.2) is 68.6 Å². The fourth-order valence-corrected chi connectivity index (χ4v) is 4.47. The van der Waals surface area contributed by atoms with E-state index in [9.17, 15) is 14.4 Å². The van der Waals surface area contributed by atoms with Crippen LogP contribution in [0.1, 0.15) is 80.4 Å². The summed E-state index contributed by atoms with van der Waals surface area (Å²) >= 11 is 0. The number of hydrogen-bond acceptors (Lipinski definition) is 4. The predicted octanol–water partition coefficient (Wildman–Crippen LogP) is 2.39. The van der Waals surface area contributed by atoms with Gasteiger partial charge in [0.05, 0.1) is 0 Å². The fourth-order valence-electron chi connectivity index (χ4n) is 4.47. The lowest BCUT2D eigenvalue weighted by atomic mass is 9.87. The van der Waals surface area contributed by atoms with Gasteiger partial charge in [0.2, 0.25) is 5.91 Å². The standard InChI is InChI=1S/C20H30N4O4/c1-14(25)24(13-19(26)27)16-8-5-10-23(11-9-16)20(28)18-12-17(21-22-18)15-6-3-2-4-7-15/h12,15-16H,2-11,13H2,1H3,(H,21,22)(H,26,27). The van der Waals surface area contributed by atoms with Gasteiger partial charge in [-0.25, -0.2) is 0 Å². The number of aromatic amines is 1. The molecule has 1 saturated heterocycles. The smallest absolute Gasteiger partial charge is 0.323 e. The monoisotopic (exact) mass is 390 g/mol. The van der Waals surface area contributed by atoms with Crippen molar-refractivity contribution in [1.29, 1.82) is 0 Å². The summed E-state index contributed by atoms with van der Waals surface area (Å²) in [5.74, 6) is -0.876. The zero-order valence-electron chi connectivity index (χ0n) is 16.5. The second-order valence-electron chi connectivity index (χ2n) is 7.96. The molecule has 2 N–H and O–H groups in total. The molecule has 0 radical (unpaired) electrons. The summed E-state index contributed by atoms with van der Waals surface area (Å²) < 4.78 is 0. The van der Waals surface area contributed by atoms with Gasteiger partial charge < -0.3 is 14.9 Å². The Kier molecular flexibility index (Phi) is 6.70. The first-order chi connectivity index (χ1) is 13.5. The molecule has 0 aromatic carbocycles. The molecule has 0 spiro atoms. The molecule has 2 amide bonds. The molecule has 1 unspecified atom stereocenters. The Labute approximate surface area is 165 Å². The van der Waals surface area contributed by atoms with Crippen LogP contribution in [0.5, 0.6) is 0 Å². The van der Waals surface area contributed by atoms with Gasteiger partial charge >= 0.3 is 5.97 Å². The van der Waals surface area contributed by atoms with Gasteiger partial charge in [0.1, 0.15) is 12.2 Å². The van der Waals surface area contributed by atoms with Crippen molar-refractivity contribution in [2.75, 3.05) is 19.6 Å². The Morgan fingerprint density at radius 2 is 1.89 bits per heavy atom. The van der Waals surface area contributed by atoms with E-state index in [1.54, 1.807) is 4.90 Å². The minimum absolute atomic E-state index is 0.0911. The van der Waals surface area contributed by atoms with E-state index in [0.717, 1.165) is 25.0 Å². The first-order valence-electron chi connectivity index (χ1n) is 10.3. The Balaban J connectivity index is 1.62. The summed E-state index contributed by atoms with van der Waals surface area (Å²) in [5, 5.41) is 16.4. The summed E-state index contributed by atoms with van der Waals surface area (Å²) in [4.78, 5) is 39.0. The second kappa shape index (κ2) is 9.21. The molecule has 1 aromatic rings. The molecule has 1 saturated carbocycles. The summed E-state index contributed by atoms with van der Waals surface area (Å²) in [6.45, 7) is 2.20. The van der Waals surface area contributed by atoms with E-state index >= 15 is 0 Å². The van der Waals surface area contributed by atoms with Crippen LogP contribution in [0.2, 0.25) is 0 Å². The highest BCUT2D eigenvalue weighted by Crippen LogP contribution is 2.31. The number of nitrogens with one attached hydrogen (secondary N) is 1. The van der Waals surface area contributed by atoms with Crippen molar-refractivity contribution >= 4 is 17.8 Å². The van der Waals surface area contributed by atoms with Gasteiger partial charge in [-0.1, -0.05) is 19.3 Å². The number of nitrogens with zero attached hydrogens (tertiary/aromatic N) is 3. The average molecular weight is 390 g/mol. The number of aliphatic carboxylic acids is 1. The second-order valence-corrected chi connectivity index (χ2v) is 7.96. The molecular weight excluding hydrogens is 360 g/mol. The number of aromatic nitrogens is 2. The lowest BCUT2D eigenvalue weighted by Crippen LogP contribution is -2.43. The summed E-state index contributed by atoms with van der Waals surface area (Å²) in [7, 11) is 0. The number of H-pyrrole nitrogens is 1.